The summed E-state index contributed by atoms with van der Waals surface area (Å²) in [5.41, 5.74) is 6.92. The van der Waals surface area contributed by atoms with Gasteiger partial charge in [-0.15, -0.1) is 13.2 Å². The van der Waals surface area contributed by atoms with E-state index in [4.69, 9.17) is 18.0 Å². The van der Waals surface area contributed by atoms with Crippen molar-refractivity contribution in [2.45, 2.75) is 0 Å². The molecule has 106 valence electrons. The number of nitrogens with zero attached hydrogens (tertiary/aromatic N) is 1. The fourth-order valence-corrected chi connectivity index (χ4v) is 1.95. The third-order valence-corrected chi connectivity index (χ3v) is 2.83. The summed E-state index contributed by atoms with van der Waals surface area (Å²) >= 11 is 4.96. The second-order valence-electron chi connectivity index (χ2n) is 4.23. The Morgan fingerprint density at radius 2 is 1.90 bits per heavy atom. The van der Waals surface area contributed by atoms with Gasteiger partial charge in [0, 0.05) is 18.7 Å². The number of hydrogen-bond donors (Lipinski definition) is 2. The van der Waals surface area contributed by atoms with Crippen molar-refractivity contribution in [2.75, 3.05) is 25.0 Å². The first-order valence-electron chi connectivity index (χ1n) is 6.21. The Labute approximate surface area is 125 Å². The fourth-order valence-electron chi connectivity index (χ4n) is 1.77. The van der Waals surface area contributed by atoms with Gasteiger partial charge in [-0.25, -0.2) is 0 Å². The van der Waals surface area contributed by atoms with E-state index in [1.54, 1.807) is 24.3 Å². The van der Waals surface area contributed by atoms with E-state index in [0.29, 0.717) is 24.3 Å². The molecule has 0 saturated carbocycles. The van der Waals surface area contributed by atoms with Crippen molar-refractivity contribution in [1.82, 2.24) is 4.90 Å². The molecule has 0 fully saturated rings. The molecule has 4 nitrogen and oxygen atoms in total. The topological polar surface area (TPSA) is 58.4 Å². The Morgan fingerprint density at radius 3 is 2.45 bits per heavy atom. The lowest BCUT2D eigenvalue weighted by atomic mass is 10.2. The smallest absolute Gasteiger partial charge is 0.238 e. The second kappa shape index (κ2) is 8.24. The average Bonchev–Trinajstić information content (AvgIpc) is 2.39. The zero-order valence-electron chi connectivity index (χ0n) is 11.3. The van der Waals surface area contributed by atoms with Crippen LogP contribution in [-0.4, -0.2) is 35.4 Å². The van der Waals surface area contributed by atoms with E-state index in [1.807, 2.05) is 17.0 Å². The summed E-state index contributed by atoms with van der Waals surface area (Å²) in [4.78, 5) is 14.2. The minimum Gasteiger partial charge on any atom is -0.389 e. The van der Waals surface area contributed by atoms with Crippen LogP contribution in [0.3, 0.4) is 0 Å². The predicted octanol–water partition coefficient (Wildman–Crippen LogP) is 1.93. The van der Waals surface area contributed by atoms with Crippen LogP contribution < -0.4 is 11.1 Å². The van der Waals surface area contributed by atoms with E-state index in [-0.39, 0.29) is 17.4 Å². The van der Waals surface area contributed by atoms with Crippen molar-refractivity contribution < 1.29 is 4.79 Å². The third-order valence-electron chi connectivity index (χ3n) is 2.61. The van der Waals surface area contributed by atoms with Crippen LogP contribution in [0.25, 0.3) is 0 Å². The van der Waals surface area contributed by atoms with E-state index in [9.17, 15) is 4.79 Å². The van der Waals surface area contributed by atoms with Gasteiger partial charge in [0.1, 0.15) is 4.99 Å². The highest BCUT2D eigenvalue weighted by atomic mass is 32.1. The SMILES string of the molecule is C=CCN(CC=C)CC(=O)Nc1ccccc1C(N)=S. The molecule has 3 N–H and O–H groups in total. The first-order valence-corrected chi connectivity index (χ1v) is 6.62. The van der Waals surface area contributed by atoms with Crippen LogP contribution >= 0.6 is 12.2 Å². The number of thiocarbonyl (C=S) groups is 1. The Morgan fingerprint density at radius 1 is 1.30 bits per heavy atom. The zero-order valence-corrected chi connectivity index (χ0v) is 12.2. The molecule has 5 heteroatoms. The molecule has 1 aromatic carbocycles. The molecule has 0 aromatic heterocycles. The van der Waals surface area contributed by atoms with Gasteiger partial charge in [0.05, 0.1) is 12.2 Å². The monoisotopic (exact) mass is 289 g/mol. The number of carbonyl (C=O) groups excluding carboxylic acids is 1. The highest BCUT2D eigenvalue weighted by Crippen LogP contribution is 2.14. The molecular formula is C15H19N3OS. The Bertz CT molecular complexity index is 504. The molecule has 1 rings (SSSR count). The van der Waals surface area contributed by atoms with Crippen molar-refractivity contribution in [2.24, 2.45) is 5.73 Å². The molecular weight excluding hydrogens is 270 g/mol. The van der Waals surface area contributed by atoms with Gasteiger partial charge >= 0.3 is 0 Å². The molecule has 0 radical (unpaired) electrons. The standard InChI is InChI=1S/C15H19N3OS/c1-3-9-18(10-4-2)11-14(19)17-13-8-6-5-7-12(13)15(16)20/h3-8H,1-2,9-11H2,(H2,16,20)(H,17,19). The maximum absolute atomic E-state index is 12.0. The van der Waals surface area contributed by atoms with Crippen molar-refractivity contribution >= 4 is 28.8 Å². The highest BCUT2D eigenvalue weighted by molar-refractivity contribution is 7.80. The number of amides is 1. The lowest BCUT2D eigenvalue weighted by Crippen LogP contribution is -2.34. The van der Waals surface area contributed by atoms with Crippen LogP contribution in [0.15, 0.2) is 49.6 Å². The van der Waals surface area contributed by atoms with Gasteiger partial charge in [0.15, 0.2) is 0 Å². The van der Waals surface area contributed by atoms with E-state index in [1.165, 1.54) is 0 Å². The van der Waals surface area contributed by atoms with Crippen LogP contribution in [0.2, 0.25) is 0 Å². The summed E-state index contributed by atoms with van der Waals surface area (Å²) in [5, 5.41) is 2.82. The number of benzene rings is 1. The quantitative estimate of drug-likeness (QED) is 0.567. The molecule has 0 aliphatic carbocycles. The first-order chi connectivity index (χ1) is 9.58. The van der Waals surface area contributed by atoms with Crippen molar-refractivity contribution in [3.63, 3.8) is 0 Å². The van der Waals surface area contributed by atoms with Crippen LogP contribution in [0.4, 0.5) is 5.69 Å². The number of nitrogens with one attached hydrogen (secondary N) is 1. The molecule has 0 atom stereocenters. The average molecular weight is 289 g/mol. The Hall–Kier alpha value is -1.98. The molecule has 1 amide bonds. The largest absolute Gasteiger partial charge is 0.389 e. The van der Waals surface area contributed by atoms with Crippen molar-refractivity contribution in [3.8, 4) is 0 Å². The lowest BCUT2D eigenvalue weighted by Gasteiger charge is -2.18. The molecule has 0 bridgehead atoms. The van der Waals surface area contributed by atoms with Gasteiger partial charge in [-0.1, -0.05) is 36.5 Å². The molecule has 0 spiro atoms. The summed E-state index contributed by atoms with van der Waals surface area (Å²) in [7, 11) is 0. The lowest BCUT2D eigenvalue weighted by molar-refractivity contribution is -0.117. The van der Waals surface area contributed by atoms with Gasteiger partial charge in [-0.05, 0) is 12.1 Å². The van der Waals surface area contributed by atoms with Gasteiger partial charge < -0.3 is 11.1 Å². The van der Waals surface area contributed by atoms with Gasteiger partial charge in [0.25, 0.3) is 0 Å². The number of para-hydroxylation sites is 1. The maximum Gasteiger partial charge on any atom is 0.238 e. The molecule has 0 aliphatic heterocycles. The number of rotatable bonds is 8. The molecule has 0 unspecified atom stereocenters. The molecule has 20 heavy (non-hydrogen) atoms. The summed E-state index contributed by atoms with van der Waals surface area (Å²) in [5.74, 6) is -0.127. The first kappa shape index (κ1) is 16.1. The van der Waals surface area contributed by atoms with E-state index in [0.717, 1.165) is 0 Å². The number of hydrogen-bond acceptors (Lipinski definition) is 3. The van der Waals surface area contributed by atoms with E-state index < -0.39 is 0 Å². The number of anilines is 1. The van der Waals surface area contributed by atoms with Crippen LogP contribution in [0.1, 0.15) is 5.56 Å². The minimum atomic E-state index is -0.127. The second-order valence-corrected chi connectivity index (χ2v) is 4.67. The van der Waals surface area contributed by atoms with E-state index >= 15 is 0 Å². The molecule has 0 aliphatic rings. The number of nitrogens with two attached hydrogens (primary N) is 1. The zero-order chi connectivity index (χ0) is 15.0. The predicted molar refractivity (Wildman–Crippen MR) is 87.8 cm³/mol. The van der Waals surface area contributed by atoms with E-state index in [2.05, 4.69) is 18.5 Å². The molecule has 0 saturated heterocycles. The van der Waals surface area contributed by atoms with Crippen LogP contribution in [0.5, 0.6) is 0 Å². The maximum atomic E-state index is 12.0. The van der Waals surface area contributed by atoms with Gasteiger partial charge in [-0.3, -0.25) is 9.69 Å². The molecule has 0 heterocycles. The third kappa shape index (κ3) is 4.95. The summed E-state index contributed by atoms with van der Waals surface area (Å²) in [6.07, 6.45) is 3.50. The molecule has 1 aromatic rings. The normalized spacial score (nSPS) is 10.1. The van der Waals surface area contributed by atoms with Crippen molar-refractivity contribution in [3.05, 3.63) is 55.1 Å². The minimum absolute atomic E-state index is 0.127. The Balaban J connectivity index is 2.72. The summed E-state index contributed by atoms with van der Waals surface area (Å²) < 4.78 is 0. The number of carbonyl (C=O) groups is 1. The van der Waals surface area contributed by atoms with Crippen LogP contribution in [0, 0.1) is 0 Å². The fraction of sp³-hybridized carbons (Fsp3) is 0.200. The van der Waals surface area contributed by atoms with Gasteiger partial charge in [0.2, 0.25) is 5.91 Å². The summed E-state index contributed by atoms with van der Waals surface area (Å²) in [6, 6.07) is 7.20. The Kier molecular flexibility index (Phi) is 6.63. The summed E-state index contributed by atoms with van der Waals surface area (Å²) in [6.45, 7) is 8.84. The van der Waals surface area contributed by atoms with Crippen molar-refractivity contribution in [1.29, 1.82) is 0 Å². The van der Waals surface area contributed by atoms with Gasteiger partial charge in [-0.2, -0.15) is 0 Å². The highest BCUT2D eigenvalue weighted by Gasteiger charge is 2.11. The van der Waals surface area contributed by atoms with Crippen LogP contribution in [-0.2, 0) is 4.79 Å².